The van der Waals surface area contributed by atoms with Crippen LogP contribution >= 0.6 is 0 Å². The topological polar surface area (TPSA) is 129 Å². The van der Waals surface area contributed by atoms with Crippen LogP contribution in [0.5, 0.6) is 0 Å². The number of nitrogens with one attached hydrogen (secondary N) is 5. The van der Waals surface area contributed by atoms with Crippen molar-refractivity contribution >= 4 is 23.6 Å². The molecule has 1 aromatic carbocycles. The van der Waals surface area contributed by atoms with Gasteiger partial charge in [0.05, 0.1) is 6.04 Å². The quantitative estimate of drug-likeness (QED) is 0.352. The third-order valence-corrected chi connectivity index (χ3v) is 6.75. The van der Waals surface area contributed by atoms with E-state index in [2.05, 4.69) is 53.6 Å². The maximum Gasteiger partial charge on any atom is 0.315 e. The monoisotopic (exact) mass is 476 g/mol. The summed E-state index contributed by atoms with van der Waals surface area (Å²) in [4.78, 5) is 21.6. The van der Waals surface area contributed by atoms with Gasteiger partial charge in [0.25, 0.3) is 0 Å². The number of aromatic nitrogens is 4. The first-order chi connectivity index (χ1) is 17.1. The van der Waals surface area contributed by atoms with E-state index in [0.717, 1.165) is 49.2 Å². The van der Waals surface area contributed by atoms with E-state index in [9.17, 15) is 4.79 Å². The molecule has 0 saturated heterocycles. The lowest BCUT2D eigenvalue weighted by Gasteiger charge is -2.30. The molecule has 0 spiro atoms. The van der Waals surface area contributed by atoms with E-state index in [1.54, 1.807) is 13.3 Å². The summed E-state index contributed by atoms with van der Waals surface area (Å²) in [7, 11) is 1.70. The van der Waals surface area contributed by atoms with Crippen LogP contribution in [0.25, 0.3) is 0 Å². The maximum absolute atomic E-state index is 12.7. The van der Waals surface area contributed by atoms with Gasteiger partial charge in [-0.2, -0.15) is 10.1 Å². The van der Waals surface area contributed by atoms with Gasteiger partial charge in [-0.25, -0.2) is 9.78 Å². The van der Waals surface area contributed by atoms with Gasteiger partial charge in [-0.05, 0) is 56.2 Å². The van der Waals surface area contributed by atoms with E-state index in [4.69, 9.17) is 4.74 Å². The highest BCUT2D eigenvalue weighted by Gasteiger charge is 2.34. The first-order valence-electron chi connectivity index (χ1n) is 12.1. The average Bonchev–Trinajstić information content (AvgIpc) is 3.42. The molecular formula is C25H32N8O2. The highest BCUT2D eigenvalue weighted by atomic mass is 16.5. The Morgan fingerprint density at radius 3 is 2.63 bits per heavy atom. The summed E-state index contributed by atoms with van der Waals surface area (Å²) in [5.74, 6) is 1.99. The molecule has 0 unspecified atom stereocenters. The lowest BCUT2D eigenvalue weighted by Crippen LogP contribution is -2.49. The molecule has 5 N–H and O–H groups in total. The van der Waals surface area contributed by atoms with Crippen LogP contribution in [0.1, 0.15) is 48.6 Å². The number of nitrogens with zero attached hydrogens (tertiary/aromatic N) is 3. The van der Waals surface area contributed by atoms with Crippen LogP contribution in [-0.4, -0.2) is 51.4 Å². The number of urea groups is 1. The van der Waals surface area contributed by atoms with Crippen LogP contribution in [-0.2, 0) is 11.2 Å². The predicted molar refractivity (Wildman–Crippen MR) is 134 cm³/mol. The number of carbonyl (C=O) groups excluding carboxylic acids is 1. The fraction of sp³-hybridized carbons (Fsp3) is 0.440. The van der Waals surface area contributed by atoms with Crippen molar-refractivity contribution in [2.24, 2.45) is 0 Å². The third kappa shape index (κ3) is 5.54. The van der Waals surface area contributed by atoms with E-state index in [1.165, 1.54) is 5.56 Å². The molecule has 2 atom stereocenters. The van der Waals surface area contributed by atoms with Gasteiger partial charge in [0.1, 0.15) is 11.9 Å². The largest absolute Gasteiger partial charge is 0.375 e. The number of amides is 2. The Bertz CT molecular complexity index is 1160. The third-order valence-electron chi connectivity index (χ3n) is 6.75. The molecule has 0 aliphatic heterocycles. The summed E-state index contributed by atoms with van der Waals surface area (Å²) in [6.45, 7) is 1.95. The predicted octanol–water partition coefficient (Wildman–Crippen LogP) is 3.59. The minimum atomic E-state index is -0.128. The van der Waals surface area contributed by atoms with Gasteiger partial charge >= 0.3 is 6.03 Å². The van der Waals surface area contributed by atoms with Crippen LogP contribution < -0.4 is 21.3 Å². The Balaban J connectivity index is 1.08. The molecule has 1 saturated carbocycles. The summed E-state index contributed by atoms with van der Waals surface area (Å²) in [5, 5.41) is 20.0. The molecule has 35 heavy (non-hydrogen) atoms. The van der Waals surface area contributed by atoms with E-state index >= 15 is 0 Å². The second-order valence-electron chi connectivity index (χ2n) is 9.30. The van der Waals surface area contributed by atoms with Crippen LogP contribution in [0.3, 0.4) is 0 Å². The molecule has 10 nitrogen and oxygen atoms in total. The normalized spacial score (nSPS) is 23.4. The fourth-order valence-electron chi connectivity index (χ4n) is 5.05. The standard InChI is InChI=1S/C25H32N8O2/c1-15-13-22(33-32-15)30-21-11-12-26-24(31-21)27-17-7-9-18(10-8-17)28-25(34)29-20-14-16-5-3-4-6-19(16)23(20)35-2/h3-6,11-13,17-18,20,23H,7-10,14H2,1-2H3,(H2,28,29,34)(H3,26,27,30,31,32,33)/t17-,18-,20-,23+/m1/s1. The number of rotatable bonds is 7. The van der Waals surface area contributed by atoms with Gasteiger partial charge in [-0.1, -0.05) is 24.3 Å². The van der Waals surface area contributed by atoms with Crippen molar-refractivity contribution in [3.05, 3.63) is 59.4 Å². The highest BCUT2D eigenvalue weighted by molar-refractivity contribution is 5.75. The number of H-pyrrole nitrogens is 1. The molecule has 10 heteroatoms. The van der Waals surface area contributed by atoms with E-state index in [0.29, 0.717) is 11.8 Å². The molecule has 1 fully saturated rings. The smallest absolute Gasteiger partial charge is 0.315 e. The molecule has 5 rings (SSSR count). The van der Waals surface area contributed by atoms with Gasteiger partial charge in [0.15, 0.2) is 5.82 Å². The van der Waals surface area contributed by atoms with E-state index in [1.807, 2.05) is 31.2 Å². The number of hydrogen-bond donors (Lipinski definition) is 5. The Labute approximate surface area is 204 Å². The van der Waals surface area contributed by atoms with Gasteiger partial charge < -0.3 is 26.0 Å². The zero-order valence-electron chi connectivity index (χ0n) is 20.0. The number of ether oxygens (including phenoxy) is 1. The average molecular weight is 477 g/mol. The van der Waals surface area contributed by atoms with Crippen molar-refractivity contribution in [3.63, 3.8) is 0 Å². The van der Waals surface area contributed by atoms with Crippen molar-refractivity contribution < 1.29 is 9.53 Å². The molecule has 0 bridgehead atoms. The fourth-order valence-corrected chi connectivity index (χ4v) is 5.05. The first-order valence-corrected chi connectivity index (χ1v) is 12.1. The van der Waals surface area contributed by atoms with Crippen molar-refractivity contribution in [2.45, 2.75) is 63.3 Å². The van der Waals surface area contributed by atoms with Crippen molar-refractivity contribution in [2.75, 3.05) is 17.7 Å². The van der Waals surface area contributed by atoms with Crippen molar-refractivity contribution in [3.8, 4) is 0 Å². The molecule has 2 aliphatic carbocycles. The highest BCUT2D eigenvalue weighted by Crippen LogP contribution is 2.33. The van der Waals surface area contributed by atoms with Crippen LogP contribution in [0.4, 0.5) is 22.4 Å². The number of aromatic amines is 1. The zero-order chi connectivity index (χ0) is 24.2. The summed E-state index contributed by atoms with van der Waals surface area (Å²) < 4.78 is 5.68. The van der Waals surface area contributed by atoms with Gasteiger partial charge in [-0.15, -0.1) is 0 Å². The molecular weight excluding hydrogens is 444 g/mol. The zero-order valence-corrected chi connectivity index (χ0v) is 20.0. The Hall–Kier alpha value is -3.66. The molecule has 0 radical (unpaired) electrons. The number of methoxy groups -OCH3 is 1. The molecule has 2 heterocycles. The lowest BCUT2D eigenvalue weighted by atomic mass is 9.91. The summed E-state index contributed by atoms with van der Waals surface area (Å²) >= 11 is 0. The van der Waals surface area contributed by atoms with Crippen molar-refractivity contribution in [1.29, 1.82) is 0 Å². The molecule has 2 aliphatic rings. The van der Waals surface area contributed by atoms with Crippen LogP contribution in [0, 0.1) is 6.92 Å². The van der Waals surface area contributed by atoms with Crippen LogP contribution in [0.15, 0.2) is 42.6 Å². The van der Waals surface area contributed by atoms with E-state index < -0.39 is 0 Å². The lowest BCUT2D eigenvalue weighted by molar-refractivity contribution is 0.0806. The van der Waals surface area contributed by atoms with Gasteiger partial charge in [0, 0.05) is 37.2 Å². The maximum atomic E-state index is 12.7. The molecule has 184 valence electrons. The number of benzene rings is 1. The molecule has 2 aromatic heterocycles. The van der Waals surface area contributed by atoms with Gasteiger partial charge in [-0.3, -0.25) is 5.10 Å². The number of anilines is 3. The second-order valence-corrected chi connectivity index (χ2v) is 9.30. The molecule has 3 aromatic rings. The minimum absolute atomic E-state index is 0.0566. The van der Waals surface area contributed by atoms with Crippen LogP contribution in [0.2, 0.25) is 0 Å². The number of fused-ring (bicyclic) bond motifs is 1. The van der Waals surface area contributed by atoms with E-state index in [-0.39, 0.29) is 30.3 Å². The SMILES string of the molecule is CO[C@H]1c2ccccc2C[C@H]1NC(=O)N[C@H]1CC[C@H](Nc2nccc(Nc3cc(C)[nH]n3)n2)CC1. The molecule has 2 amide bonds. The second kappa shape index (κ2) is 10.3. The summed E-state index contributed by atoms with van der Waals surface area (Å²) in [5.41, 5.74) is 3.37. The number of aryl methyl sites for hydroxylation is 1. The number of hydrogen-bond acceptors (Lipinski definition) is 7. The number of carbonyl (C=O) groups is 1. The summed E-state index contributed by atoms with van der Waals surface area (Å²) in [6.07, 6.45) is 6.05. The summed E-state index contributed by atoms with van der Waals surface area (Å²) in [6, 6.07) is 12.2. The Kier molecular flexibility index (Phi) is 6.80. The van der Waals surface area contributed by atoms with Crippen molar-refractivity contribution in [1.82, 2.24) is 30.8 Å². The van der Waals surface area contributed by atoms with Gasteiger partial charge in [0.2, 0.25) is 5.95 Å². The minimum Gasteiger partial charge on any atom is -0.375 e. The Morgan fingerprint density at radius 1 is 1.06 bits per heavy atom. The first kappa shape index (κ1) is 23.1. The Morgan fingerprint density at radius 2 is 1.86 bits per heavy atom.